The Morgan fingerprint density at radius 1 is 1.59 bits per heavy atom. The van der Waals surface area contributed by atoms with E-state index in [1.54, 1.807) is 6.92 Å². The zero-order chi connectivity index (χ0) is 12.8. The summed E-state index contributed by atoms with van der Waals surface area (Å²) in [5, 5.41) is 8.87. The lowest BCUT2D eigenvalue weighted by Crippen LogP contribution is -2.33. The van der Waals surface area contributed by atoms with Crippen LogP contribution in [0, 0.1) is 6.92 Å². The number of H-pyrrole nitrogens is 1. The highest BCUT2D eigenvalue weighted by Gasteiger charge is 2.08. The lowest BCUT2D eigenvalue weighted by atomic mass is 10.3. The van der Waals surface area contributed by atoms with Crippen LogP contribution in [-0.4, -0.2) is 34.0 Å². The van der Waals surface area contributed by atoms with Gasteiger partial charge in [-0.25, -0.2) is 4.79 Å². The molecule has 0 radical (unpaired) electrons. The Bertz CT molecular complexity index is 468. The molecule has 1 heterocycles. The van der Waals surface area contributed by atoms with Crippen LogP contribution in [0.4, 0.5) is 4.39 Å². The standard InChI is InChI=1S/C10H15FN2O4/c1-7-4-13(10(16)12-9(7)15)6-17-8(5-14)2-3-11/h4,8,14H,2-3,5-6H2,1H3,(H,12,15,16). The number of nitrogens with zero attached hydrogens (tertiary/aromatic N) is 1. The molecule has 2 N–H and O–H groups in total. The molecule has 0 saturated heterocycles. The monoisotopic (exact) mass is 246 g/mol. The third kappa shape index (κ3) is 3.79. The SMILES string of the molecule is Cc1cn(COC(CO)CCF)c(=O)[nH]c1=O. The quantitative estimate of drug-likeness (QED) is 0.711. The van der Waals surface area contributed by atoms with E-state index in [0.29, 0.717) is 5.56 Å². The molecule has 6 nitrogen and oxygen atoms in total. The van der Waals surface area contributed by atoms with Crippen molar-refractivity contribution in [1.82, 2.24) is 9.55 Å². The number of aliphatic hydroxyl groups is 1. The minimum Gasteiger partial charge on any atom is -0.394 e. The van der Waals surface area contributed by atoms with E-state index in [0.717, 1.165) is 4.57 Å². The van der Waals surface area contributed by atoms with E-state index < -0.39 is 24.0 Å². The minimum atomic E-state index is -0.654. The van der Waals surface area contributed by atoms with Crippen molar-refractivity contribution in [2.24, 2.45) is 0 Å². The molecule has 0 aliphatic rings. The summed E-state index contributed by atoms with van der Waals surface area (Å²) in [5.41, 5.74) is -0.675. The molecule has 0 amide bonds. The molecular formula is C10H15FN2O4. The van der Waals surface area contributed by atoms with Gasteiger partial charge in [-0.05, 0) is 6.92 Å². The summed E-state index contributed by atoms with van der Waals surface area (Å²) < 4.78 is 18.3. The van der Waals surface area contributed by atoms with Crippen molar-refractivity contribution in [2.45, 2.75) is 26.2 Å². The van der Waals surface area contributed by atoms with Crippen LogP contribution in [-0.2, 0) is 11.5 Å². The van der Waals surface area contributed by atoms with E-state index in [2.05, 4.69) is 4.98 Å². The van der Waals surface area contributed by atoms with Crippen molar-refractivity contribution in [2.75, 3.05) is 13.3 Å². The van der Waals surface area contributed by atoms with Gasteiger partial charge in [-0.1, -0.05) is 0 Å². The van der Waals surface area contributed by atoms with Gasteiger partial charge in [0.2, 0.25) is 0 Å². The maximum atomic E-state index is 12.0. The molecule has 0 aliphatic carbocycles. The van der Waals surface area contributed by atoms with E-state index >= 15 is 0 Å². The molecule has 1 aromatic heterocycles. The number of aryl methyl sites for hydroxylation is 1. The smallest absolute Gasteiger partial charge is 0.330 e. The van der Waals surface area contributed by atoms with E-state index in [4.69, 9.17) is 9.84 Å². The number of ether oxygens (including phenoxy) is 1. The number of nitrogens with one attached hydrogen (secondary N) is 1. The second kappa shape index (κ2) is 6.31. The van der Waals surface area contributed by atoms with Crippen LogP contribution in [0.2, 0.25) is 0 Å². The first-order chi connectivity index (χ1) is 8.08. The number of halogens is 1. The van der Waals surface area contributed by atoms with Crippen molar-refractivity contribution in [3.8, 4) is 0 Å². The molecule has 0 bridgehead atoms. The summed E-state index contributed by atoms with van der Waals surface area (Å²) in [5.74, 6) is 0. The first-order valence-corrected chi connectivity index (χ1v) is 5.17. The second-order valence-corrected chi connectivity index (χ2v) is 3.62. The maximum Gasteiger partial charge on any atom is 0.330 e. The van der Waals surface area contributed by atoms with Gasteiger partial charge < -0.3 is 9.84 Å². The number of aromatic amines is 1. The van der Waals surface area contributed by atoms with Crippen LogP contribution in [0.1, 0.15) is 12.0 Å². The van der Waals surface area contributed by atoms with Crippen molar-refractivity contribution in [3.63, 3.8) is 0 Å². The topological polar surface area (TPSA) is 84.3 Å². The van der Waals surface area contributed by atoms with E-state index in [1.807, 2.05) is 0 Å². The molecule has 1 rings (SSSR count). The maximum absolute atomic E-state index is 12.0. The van der Waals surface area contributed by atoms with Crippen LogP contribution in [0.3, 0.4) is 0 Å². The van der Waals surface area contributed by atoms with E-state index in [1.165, 1.54) is 6.20 Å². The number of alkyl halides is 1. The Balaban J connectivity index is 2.72. The Morgan fingerprint density at radius 2 is 2.29 bits per heavy atom. The summed E-state index contributed by atoms with van der Waals surface area (Å²) in [4.78, 5) is 24.5. The predicted molar refractivity (Wildman–Crippen MR) is 58.6 cm³/mol. The Hall–Kier alpha value is -1.47. The van der Waals surface area contributed by atoms with Crippen LogP contribution in [0.25, 0.3) is 0 Å². The van der Waals surface area contributed by atoms with Crippen LogP contribution in [0.5, 0.6) is 0 Å². The zero-order valence-electron chi connectivity index (χ0n) is 9.48. The molecular weight excluding hydrogens is 231 g/mol. The number of hydrogen-bond donors (Lipinski definition) is 2. The zero-order valence-corrected chi connectivity index (χ0v) is 9.48. The molecule has 96 valence electrons. The van der Waals surface area contributed by atoms with Crippen LogP contribution >= 0.6 is 0 Å². The highest BCUT2D eigenvalue weighted by molar-refractivity contribution is 5.00. The number of aromatic nitrogens is 2. The average Bonchev–Trinajstić information content (AvgIpc) is 2.30. The molecule has 1 atom stereocenters. The highest BCUT2D eigenvalue weighted by atomic mass is 19.1. The van der Waals surface area contributed by atoms with Crippen molar-refractivity contribution < 1.29 is 14.2 Å². The number of rotatable bonds is 6. The van der Waals surface area contributed by atoms with Gasteiger partial charge in [-0.2, -0.15) is 0 Å². The third-order valence-electron chi connectivity index (χ3n) is 2.27. The lowest BCUT2D eigenvalue weighted by Gasteiger charge is -2.14. The van der Waals surface area contributed by atoms with Crippen LogP contribution in [0.15, 0.2) is 15.8 Å². The molecule has 17 heavy (non-hydrogen) atoms. The van der Waals surface area contributed by atoms with Gasteiger partial charge in [0, 0.05) is 18.2 Å². The molecule has 0 aliphatic heterocycles. The third-order valence-corrected chi connectivity index (χ3v) is 2.27. The molecule has 0 aromatic carbocycles. The normalized spacial score (nSPS) is 12.6. The van der Waals surface area contributed by atoms with Gasteiger partial charge in [0.1, 0.15) is 6.73 Å². The Morgan fingerprint density at radius 3 is 2.88 bits per heavy atom. The first kappa shape index (κ1) is 13.6. The summed E-state index contributed by atoms with van der Waals surface area (Å²) in [6.45, 7) is 0.493. The Kier molecular flexibility index (Phi) is 5.05. The number of hydrogen-bond acceptors (Lipinski definition) is 4. The van der Waals surface area contributed by atoms with Gasteiger partial charge in [0.05, 0.1) is 19.4 Å². The molecule has 0 saturated carbocycles. The highest BCUT2D eigenvalue weighted by Crippen LogP contribution is 1.99. The summed E-state index contributed by atoms with van der Waals surface area (Å²) in [7, 11) is 0. The molecule has 7 heteroatoms. The number of aliphatic hydroxyl groups excluding tert-OH is 1. The molecule has 0 spiro atoms. The molecule has 0 fully saturated rings. The lowest BCUT2D eigenvalue weighted by molar-refractivity contribution is -0.0319. The van der Waals surface area contributed by atoms with E-state index in [-0.39, 0.29) is 19.8 Å². The Labute approximate surface area is 96.7 Å². The summed E-state index contributed by atoms with van der Waals surface area (Å²) in [6.07, 6.45) is 0.762. The van der Waals surface area contributed by atoms with Gasteiger partial charge in [-0.15, -0.1) is 0 Å². The van der Waals surface area contributed by atoms with Gasteiger partial charge in [0.15, 0.2) is 0 Å². The van der Waals surface area contributed by atoms with Crippen molar-refractivity contribution in [3.05, 3.63) is 32.6 Å². The predicted octanol–water partition coefficient (Wildman–Crippen LogP) is -0.460. The summed E-state index contributed by atoms with van der Waals surface area (Å²) >= 11 is 0. The van der Waals surface area contributed by atoms with Crippen LogP contribution < -0.4 is 11.2 Å². The van der Waals surface area contributed by atoms with Gasteiger partial charge in [0.25, 0.3) is 5.56 Å². The molecule has 1 unspecified atom stereocenters. The van der Waals surface area contributed by atoms with Gasteiger partial charge in [-0.3, -0.25) is 18.7 Å². The summed E-state index contributed by atoms with van der Waals surface area (Å²) in [6, 6.07) is 0. The van der Waals surface area contributed by atoms with E-state index in [9.17, 15) is 14.0 Å². The minimum absolute atomic E-state index is 0.0631. The fraction of sp³-hybridized carbons (Fsp3) is 0.600. The second-order valence-electron chi connectivity index (χ2n) is 3.62. The van der Waals surface area contributed by atoms with Gasteiger partial charge >= 0.3 is 5.69 Å². The van der Waals surface area contributed by atoms with Crippen molar-refractivity contribution >= 4 is 0 Å². The first-order valence-electron chi connectivity index (χ1n) is 5.17. The fourth-order valence-corrected chi connectivity index (χ4v) is 1.25. The molecule has 1 aromatic rings. The average molecular weight is 246 g/mol. The van der Waals surface area contributed by atoms with Crippen molar-refractivity contribution in [1.29, 1.82) is 0 Å². The fourth-order valence-electron chi connectivity index (χ4n) is 1.25. The largest absolute Gasteiger partial charge is 0.394 e.